The molecule has 2 bridgehead atoms. The highest BCUT2D eigenvalue weighted by atomic mass is 35.5. The first-order valence-corrected chi connectivity index (χ1v) is 7.69. The Morgan fingerprint density at radius 1 is 1.15 bits per heavy atom. The van der Waals surface area contributed by atoms with Crippen LogP contribution >= 0.6 is 12.4 Å². The molecule has 3 rings (SSSR count). The Hall–Kier alpha value is -0.530. The molecule has 0 heterocycles. The van der Waals surface area contributed by atoms with Crippen LogP contribution in [0.15, 0.2) is 30.3 Å². The lowest BCUT2D eigenvalue weighted by atomic mass is 9.69. The molecule has 1 aromatic rings. The third-order valence-electron chi connectivity index (χ3n) is 6.55. The van der Waals surface area contributed by atoms with Crippen LogP contribution in [-0.4, -0.2) is 18.0 Å². The summed E-state index contributed by atoms with van der Waals surface area (Å²) in [5.41, 5.74) is 2.46. The van der Waals surface area contributed by atoms with Gasteiger partial charge in [-0.2, -0.15) is 0 Å². The Bertz CT molecular complexity index is 456. The van der Waals surface area contributed by atoms with Crippen molar-refractivity contribution in [3.8, 4) is 0 Å². The lowest BCUT2D eigenvalue weighted by Crippen LogP contribution is -2.45. The van der Waals surface area contributed by atoms with Crippen LogP contribution in [0.4, 0.5) is 0 Å². The van der Waals surface area contributed by atoms with Gasteiger partial charge in [0, 0.05) is 12.6 Å². The molecule has 0 aromatic heterocycles. The molecule has 0 spiro atoms. The molecule has 0 aliphatic heterocycles. The zero-order valence-corrected chi connectivity index (χ0v) is 14.0. The second kappa shape index (κ2) is 5.35. The average molecular weight is 294 g/mol. The van der Waals surface area contributed by atoms with E-state index in [-0.39, 0.29) is 12.4 Å². The maximum atomic E-state index is 2.61. The van der Waals surface area contributed by atoms with Crippen molar-refractivity contribution in [2.24, 2.45) is 16.7 Å². The molecule has 3 atom stereocenters. The Morgan fingerprint density at radius 2 is 1.80 bits per heavy atom. The molecule has 1 nitrogen and oxygen atoms in total. The van der Waals surface area contributed by atoms with Gasteiger partial charge in [-0.05, 0) is 48.6 Å². The van der Waals surface area contributed by atoms with E-state index in [0.717, 1.165) is 18.5 Å². The number of fused-ring (bicyclic) bond motifs is 2. The van der Waals surface area contributed by atoms with Crippen LogP contribution in [0.3, 0.4) is 0 Å². The van der Waals surface area contributed by atoms with Crippen molar-refractivity contribution >= 4 is 12.4 Å². The number of benzene rings is 1. The van der Waals surface area contributed by atoms with Gasteiger partial charge in [-0.25, -0.2) is 0 Å². The first kappa shape index (κ1) is 15.9. The summed E-state index contributed by atoms with van der Waals surface area (Å²) in [6.07, 6.45) is 4.25. The zero-order valence-electron chi connectivity index (χ0n) is 13.2. The van der Waals surface area contributed by atoms with E-state index in [9.17, 15) is 0 Å². The second-order valence-corrected chi connectivity index (χ2v) is 7.53. The minimum Gasteiger partial charge on any atom is -0.299 e. The van der Waals surface area contributed by atoms with Gasteiger partial charge in [0.1, 0.15) is 0 Å². The van der Waals surface area contributed by atoms with Crippen molar-refractivity contribution in [1.29, 1.82) is 0 Å². The fourth-order valence-electron chi connectivity index (χ4n) is 4.81. The van der Waals surface area contributed by atoms with Crippen molar-refractivity contribution in [2.45, 2.75) is 52.6 Å². The summed E-state index contributed by atoms with van der Waals surface area (Å²) in [5, 5.41) is 0. The third kappa shape index (κ3) is 2.19. The van der Waals surface area contributed by atoms with Crippen LogP contribution < -0.4 is 0 Å². The van der Waals surface area contributed by atoms with Crippen LogP contribution in [0.1, 0.15) is 45.6 Å². The Kier molecular flexibility index (Phi) is 4.24. The van der Waals surface area contributed by atoms with E-state index >= 15 is 0 Å². The number of nitrogens with zero attached hydrogens (tertiary/aromatic N) is 1. The van der Waals surface area contributed by atoms with Gasteiger partial charge in [-0.1, -0.05) is 51.1 Å². The molecule has 0 radical (unpaired) electrons. The van der Waals surface area contributed by atoms with E-state index in [2.05, 4.69) is 63.1 Å². The number of hydrogen-bond acceptors (Lipinski definition) is 1. The predicted molar refractivity (Wildman–Crippen MR) is 88.2 cm³/mol. The minimum absolute atomic E-state index is 0. The molecule has 2 heteroatoms. The fourth-order valence-corrected chi connectivity index (χ4v) is 4.81. The van der Waals surface area contributed by atoms with E-state index in [1.165, 1.54) is 24.8 Å². The highest BCUT2D eigenvalue weighted by Gasteiger charge is 2.61. The van der Waals surface area contributed by atoms with Crippen molar-refractivity contribution in [3.63, 3.8) is 0 Å². The van der Waals surface area contributed by atoms with Gasteiger partial charge in [-0.3, -0.25) is 4.90 Å². The summed E-state index contributed by atoms with van der Waals surface area (Å²) in [5.74, 6) is 0.931. The molecule has 2 aliphatic rings. The van der Waals surface area contributed by atoms with Gasteiger partial charge in [0.25, 0.3) is 0 Å². The van der Waals surface area contributed by atoms with Crippen molar-refractivity contribution in [2.75, 3.05) is 7.05 Å². The van der Waals surface area contributed by atoms with Crippen LogP contribution in [0.2, 0.25) is 0 Å². The van der Waals surface area contributed by atoms with Gasteiger partial charge in [0.15, 0.2) is 0 Å². The second-order valence-electron chi connectivity index (χ2n) is 7.53. The zero-order chi connectivity index (χ0) is 13.7. The first-order chi connectivity index (χ1) is 8.95. The Morgan fingerprint density at radius 3 is 2.30 bits per heavy atom. The molecule has 2 aliphatic carbocycles. The van der Waals surface area contributed by atoms with Crippen molar-refractivity contribution < 1.29 is 0 Å². The third-order valence-corrected chi connectivity index (χ3v) is 6.55. The van der Waals surface area contributed by atoms with Gasteiger partial charge in [0.05, 0.1) is 0 Å². The lowest BCUT2D eigenvalue weighted by molar-refractivity contribution is 0.0541. The average Bonchev–Trinajstić information content (AvgIpc) is 2.72. The van der Waals surface area contributed by atoms with Crippen LogP contribution in [0, 0.1) is 16.7 Å². The molecule has 112 valence electrons. The molecule has 0 N–H and O–H groups in total. The molecule has 0 amide bonds. The molecule has 2 saturated carbocycles. The SMILES string of the molecule is CN(Cc1ccccc1)C1CC2CCC1(C)C2(C)C.Cl. The topological polar surface area (TPSA) is 3.24 Å². The van der Waals surface area contributed by atoms with Gasteiger partial charge in [0.2, 0.25) is 0 Å². The van der Waals surface area contributed by atoms with E-state index in [1.807, 2.05) is 0 Å². The molecular weight excluding hydrogens is 266 g/mol. The van der Waals surface area contributed by atoms with E-state index in [4.69, 9.17) is 0 Å². The first-order valence-electron chi connectivity index (χ1n) is 7.69. The quantitative estimate of drug-likeness (QED) is 0.777. The van der Waals surface area contributed by atoms with Gasteiger partial charge in [-0.15, -0.1) is 12.4 Å². The van der Waals surface area contributed by atoms with Crippen LogP contribution in [-0.2, 0) is 6.54 Å². The number of halogens is 1. The summed E-state index contributed by atoms with van der Waals surface area (Å²) in [7, 11) is 2.32. The summed E-state index contributed by atoms with van der Waals surface area (Å²) < 4.78 is 0. The summed E-state index contributed by atoms with van der Waals surface area (Å²) in [6, 6.07) is 11.6. The lowest BCUT2D eigenvalue weighted by Gasteiger charge is -2.43. The van der Waals surface area contributed by atoms with Gasteiger partial charge >= 0.3 is 0 Å². The Labute approximate surface area is 130 Å². The molecule has 2 fully saturated rings. The van der Waals surface area contributed by atoms with E-state index in [0.29, 0.717) is 10.8 Å². The number of hydrogen-bond donors (Lipinski definition) is 0. The van der Waals surface area contributed by atoms with Gasteiger partial charge < -0.3 is 0 Å². The number of rotatable bonds is 3. The minimum atomic E-state index is 0. The Balaban J connectivity index is 0.00000147. The summed E-state index contributed by atoms with van der Waals surface area (Å²) in [4.78, 5) is 2.61. The van der Waals surface area contributed by atoms with Crippen LogP contribution in [0.5, 0.6) is 0 Å². The smallest absolute Gasteiger partial charge is 0.0233 e. The molecule has 0 saturated heterocycles. The van der Waals surface area contributed by atoms with Crippen molar-refractivity contribution in [1.82, 2.24) is 4.90 Å². The molecular formula is C18H28ClN. The molecule has 20 heavy (non-hydrogen) atoms. The largest absolute Gasteiger partial charge is 0.299 e. The monoisotopic (exact) mass is 293 g/mol. The maximum absolute atomic E-state index is 2.61. The van der Waals surface area contributed by atoms with E-state index < -0.39 is 0 Å². The van der Waals surface area contributed by atoms with Crippen molar-refractivity contribution in [3.05, 3.63) is 35.9 Å². The standard InChI is InChI=1S/C18H27N.ClH/c1-17(2)15-10-11-18(17,3)16(12-15)19(4)13-14-8-6-5-7-9-14;/h5-9,15-16H,10-13H2,1-4H3;1H. The highest BCUT2D eigenvalue weighted by molar-refractivity contribution is 5.85. The summed E-state index contributed by atoms with van der Waals surface area (Å²) in [6.45, 7) is 8.62. The fraction of sp³-hybridized carbons (Fsp3) is 0.667. The van der Waals surface area contributed by atoms with Crippen LogP contribution in [0.25, 0.3) is 0 Å². The summed E-state index contributed by atoms with van der Waals surface area (Å²) >= 11 is 0. The van der Waals surface area contributed by atoms with E-state index in [1.54, 1.807) is 0 Å². The predicted octanol–water partition coefficient (Wildman–Crippen LogP) is 4.76. The normalized spacial score (nSPS) is 34.2. The highest BCUT2D eigenvalue weighted by Crippen LogP contribution is 2.66. The maximum Gasteiger partial charge on any atom is 0.0233 e. The molecule has 1 aromatic carbocycles. The molecule has 3 unspecified atom stereocenters.